The third-order valence-electron chi connectivity index (χ3n) is 9.42. The largest absolute Gasteiger partial charge is 0.492 e. The van der Waals surface area contributed by atoms with Crippen LogP contribution in [0.1, 0.15) is 30.4 Å². The van der Waals surface area contributed by atoms with Gasteiger partial charge in [0.15, 0.2) is 5.83 Å². The molecule has 2 atom stereocenters. The Morgan fingerprint density at radius 1 is 1.28 bits per heavy atom. The summed E-state index contributed by atoms with van der Waals surface area (Å²) < 4.78 is 26.5. The molecular formula is C33H34ClFN8O3. The van der Waals surface area contributed by atoms with Crippen molar-refractivity contribution in [2.45, 2.75) is 44.7 Å². The van der Waals surface area contributed by atoms with Gasteiger partial charge in [-0.2, -0.15) is 20.3 Å². The smallest absolute Gasteiger partial charge is 0.319 e. The van der Waals surface area contributed by atoms with Crippen LogP contribution in [0.3, 0.4) is 0 Å². The number of rotatable bonds is 7. The molecular weight excluding hydrogens is 611 g/mol. The van der Waals surface area contributed by atoms with Gasteiger partial charge >= 0.3 is 6.01 Å². The first kappa shape index (κ1) is 30.2. The second-order valence-corrected chi connectivity index (χ2v) is 12.6. The van der Waals surface area contributed by atoms with Crippen LogP contribution in [0.2, 0.25) is 5.02 Å². The fourth-order valence-electron chi connectivity index (χ4n) is 7.02. The van der Waals surface area contributed by atoms with Crippen molar-refractivity contribution in [2.24, 2.45) is 0 Å². The van der Waals surface area contributed by atoms with Crippen molar-refractivity contribution in [1.82, 2.24) is 30.0 Å². The van der Waals surface area contributed by atoms with Gasteiger partial charge in [0, 0.05) is 48.6 Å². The minimum absolute atomic E-state index is 0.0290. The summed E-state index contributed by atoms with van der Waals surface area (Å²) in [5, 5.41) is 19.2. The number of piperazine rings is 1. The highest BCUT2D eigenvalue weighted by Gasteiger charge is 2.35. The number of carbonyl (C=O) groups is 1. The highest BCUT2D eigenvalue weighted by atomic mass is 35.5. The SMILES string of the molecule is C=C(F)C(=O)N1CCN(c2nc(OC[C@@H]3CCCN3C)nc3cc(-c4c(Cl)c(C)cc5[nH]ncc45)c4c(c23)OCC4)C[C@@H]1CC#N. The molecule has 11 nitrogen and oxygen atoms in total. The summed E-state index contributed by atoms with van der Waals surface area (Å²) in [5.74, 6) is -0.586. The number of hydrogen-bond acceptors (Lipinski definition) is 9. The number of halogens is 2. The standard InChI is InChI=1S/C33H34ClFN8O3/c1-18-13-25-24(15-37-40-25)27(29(18)34)23-14-26-28(30-22(23)7-12-45-30)31(39-33(38-26)46-17-21-5-4-9-41(21)3)42-10-11-43(32(44)19(2)35)20(16-42)6-8-36/h13-15,20-21H,2,4-7,9-12,16-17H2,1,3H3,(H,37,40)/t20-,21-/m0/s1. The van der Waals surface area contributed by atoms with Gasteiger partial charge in [-0.25, -0.2) is 4.39 Å². The Bertz CT molecular complexity index is 1920. The zero-order chi connectivity index (χ0) is 32.1. The number of anilines is 1. The van der Waals surface area contributed by atoms with E-state index in [4.69, 9.17) is 31.0 Å². The van der Waals surface area contributed by atoms with E-state index >= 15 is 0 Å². The molecule has 3 aliphatic rings. The Kier molecular flexibility index (Phi) is 7.90. The minimum atomic E-state index is -1.04. The number of carbonyl (C=O) groups excluding carboxylic acids is 1. The second-order valence-electron chi connectivity index (χ2n) is 12.2. The number of ether oxygens (including phenoxy) is 2. The summed E-state index contributed by atoms with van der Waals surface area (Å²) in [6.45, 7) is 7.89. The van der Waals surface area contributed by atoms with Crippen molar-refractivity contribution in [2.75, 3.05) is 51.3 Å². The molecule has 2 aromatic heterocycles. The predicted molar refractivity (Wildman–Crippen MR) is 173 cm³/mol. The van der Waals surface area contributed by atoms with E-state index in [1.54, 1.807) is 6.20 Å². The molecule has 0 saturated carbocycles. The van der Waals surface area contributed by atoms with Crippen LogP contribution in [-0.4, -0.2) is 94.4 Å². The van der Waals surface area contributed by atoms with E-state index in [1.807, 2.05) is 24.0 Å². The van der Waals surface area contributed by atoms with E-state index in [1.165, 1.54) is 4.90 Å². The number of nitrogens with one attached hydrogen (secondary N) is 1. The number of aryl methyl sites for hydroxylation is 1. The van der Waals surface area contributed by atoms with E-state index < -0.39 is 17.8 Å². The first-order valence-corrected chi connectivity index (χ1v) is 15.9. The third-order valence-corrected chi connectivity index (χ3v) is 9.90. The normalized spacial score (nSPS) is 19.8. The lowest BCUT2D eigenvalue weighted by molar-refractivity contribution is -0.131. The van der Waals surface area contributed by atoms with Crippen LogP contribution < -0.4 is 14.4 Å². The fourth-order valence-corrected chi connectivity index (χ4v) is 7.28. The second kappa shape index (κ2) is 12.0. The average Bonchev–Trinajstić information content (AvgIpc) is 3.81. The molecule has 2 aromatic carbocycles. The van der Waals surface area contributed by atoms with Gasteiger partial charge in [-0.05, 0) is 56.6 Å². The van der Waals surface area contributed by atoms with Gasteiger partial charge in [0.25, 0.3) is 5.91 Å². The Balaban J connectivity index is 1.39. The van der Waals surface area contributed by atoms with Gasteiger partial charge in [-0.3, -0.25) is 9.89 Å². The van der Waals surface area contributed by atoms with E-state index in [-0.39, 0.29) is 31.6 Å². The van der Waals surface area contributed by atoms with Crippen LogP contribution in [0.5, 0.6) is 11.8 Å². The zero-order valence-corrected chi connectivity index (χ0v) is 26.5. The number of aromatic amines is 1. The molecule has 1 N–H and O–H groups in total. The molecule has 0 unspecified atom stereocenters. The number of amides is 1. The maximum atomic E-state index is 13.9. The van der Waals surface area contributed by atoms with Gasteiger partial charge in [-0.1, -0.05) is 18.2 Å². The molecule has 1 amide bonds. The summed E-state index contributed by atoms with van der Waals surface area (Å²) in [6, 6.07) is 6.07. The number of likely N-dealkylation sites (tertiary alicyclic amines) is 1. The summed E-state index contributed by atoms with van der Waals surface area (Å²) in [5.41, 5.74) is 5.18. The van der Waals surface area contributed by atoms with Crippen molar-refractivity contribution in [1.29, 1.82) is 5.26 Å². The number of nitriles is 1. The number of H-pyrrole nitrogens is 1. The molecule has 4 aromatic rings. The lowest BCUT2D eigenvalue weighted by Gasteiger charge is -2.41. The summed E-state index contributed by atoms with van der Waals surface area (Å²) in [7, 11) is 2.09. The molecule has 13 heteroatoms. The third kappa shape index (κ3) is 5.17. The van der Waals surface area contributed by atoms with Crippen molar-refractivity contribution in [3.63, 3.8) is 0 Å². The molecule has 2 saturated heterocycles. The number of benzene rings is 2. The Morgan fingerprint density at radius 2 is 2.13 bits per heavy atom. The lowest BCUT2D eigenvalue weighted by atomic mass is 9.92. The minimum Gasteiger partial charge on any atom is -0.492 e. The van der Waals surface area contributed by atoms with Gasteiger partial charge < -0.3 is 24.2 Å². The van der Waals surface area contributed by atoms with Gasteiger partial charge in [0.1, 0.15) is 18.2 Å². The number of likely N-dealkylation sites (N-methyl/N-ethyl adjacent to an activating group) is 1. The van der Waals surface area contributed by atoms with E-state index in [0.717, 1.165) is 57.9 Å². The molecule has 2 fully saturated rings. The lowest BCUT2D eigenvalue weighted by Crippen LogP contribution is -2.55. The molecule has 0 spiro atoms. The molecule has 5 heterocycles. The number of aromatic nitrogens is 4. The zero-order valence-electron chi connectivity index (χ0n) is 25.8. The van der Waals surface area contributed by atoms with Crippen molar-refractivity contribution >= 4 is 45.1 Å². The van der Waals surface area contributed by atoms with Crippen LogP contribution in [0.4, 0.5) is 10.2 Å². The summed E-state index contributed by atoms with van der Waals surface area (Å²) in [4.78, 5) is 28.1. The van der Waals surface area contributed by atoms with Crippen molar-refractivity contribution in [3.8, 4) is 29.0 Å². The molecule has 0 radical (unpaired) electrons. The van der Waals surface area contributed by atoms with Crippen LogP contribution in [0, 0.1) is 18.3 Å². The van der Waals surface area contributed by atoms with Crippen LogP contribution in [0.25, 0.3) is 32.9 Å². The number of nitrogens with zero attached hydrogens (tertiary/aromatic N) is 7. The Morgan fingerprint density at radius 3 is 2.89 bits per heavy atom. The van der Waals surface area contributed by atoms with E-state index in [2.05, 4.69) is 34.8 Å². The summed E-state index contributed by atoms with van der Waals surface area (Å²) >= 11 is 7.00. The highest BCUT2D eigenvalue weighted by Crippen LogP contribution is 2.48. The fraction of sp³-hybridized carbons (Fsp3) is 0.424. The van der Waals surface area contributed by atoms with E-state index in [9.17, 15) is 14.4 Å². The topological polar surface area (TPSA) is 124 Å². The maximum absolute atomic E-state index is 13.9. The Labute approximate surface area is 270 Å². The first-order chi connectivity index (χ1) is 22.2. The molecule has 0 bridgehead atoms. The van der Waals surface area contributed by atoms with Crippen LogP contribution in [0.15, 0.2) is 30.7 Å². The number of fused-ring (bicyclic) bond motifs is 4. The Hall–Kier alpha value is -4.47. The van der Waals surface area contributed by atoms with Gasteiger partial charge in [0.05, 0.1) is 52.8 Å². The molecule has 238 valence electrons. The monoisotopic (exact) mass is 644 g/mol. The maximum Gasteiger partial charge on any atom is 0.319 e. The highest BCUT2D eigenvalue weighted by molar-refractivity contribution is 6.36. The predicted octanol–water partition coefficient (Wildman–Crippen LogP) is 4.96. The molecule has 0 aliphatic carbocycles. The molecule has 46 heavy (non-hydrogen) atoms. The quantitative estimate of drug-likeness (QED) is 0.278. The average molecular weight is 645 g/mol. The van der Waals surface area contributed by atoms with Crippen LogP contribution in [-0.2, 0) is 11.2 Å². The molecule has 7 rings (SSSR count). The first-order valence-electron chi connectivity index (χ1n) is 15.5. The summed E-state index contributed by atoms with van der Waals surface area (Å²) in [6.07, 6.45) is 4.61. The molecule has 3 aliphatic heterocycles. The van der Waals surface area contributed by atoms with Crippen LogP contribution >= 0.6 is 11.6 Å². The van der Waals surface area contributed by atoms with Crippen molar-refractivity contribution in [3.05, 3.63) is 46.9 Å². The van der Waals surface area contributed by atoms with Gasteiger partial charge in [-0.15, -0.1) is 0 Å². The van der Waals surface area contributed by atoms with E-state index in [0.29, 0.717) is 48.3 Å². The van der Waals surface area contributed by atoms with Crippen molar-refractivity contribution < 1.29 is 18.7 Å². The number of hydrogen-bond donors (Lipinski definition) is 1. The van der Waals surface area contributed by atoms with Gasteiger partial charge in [0.2, 0.25) is 0 Å².